The second-order valence-electron chi connectivity index (χ2n) is 7.73. The molecule has 1 heterocycles. The molecule has 28 heavy (non-hydrogen) atoms. The molecule has 10 heteroatoms. The zero-order valence-electron chi connectivity index (χ0n) is 16.3. The Bertz CT molecular complexity index is 840. The van der Waals surface area contributed by atoms with Crippen LogP contribution in [-0.2, 0) is 19.6 Å². The van der Waals surface area contributed by atoms with Gasteiger partial charge in [-0.05, 0) is 19.1 Å². The van der Waals surface area contributed by atoms with Crippen LogP contribution in [0.25, 0.3) is 0 Å². The van der Waals surface area contributed by atoms with Crippen molar-refractivity contribution in [2.45, 2.75) is 38.6 Å². The van der Waals surface area contributed by atoms with Gasteiger partial charge in [0.05, 0.1) is 10.0 Å². The molecule has 1 fully saturated rings. The number of carbonyl (C=O) groups is 2. The normalized spacial score (nSPS) is 17.3. The van der Waals surface area contributed by atoms with Crippen LogP contribution < -0.4 is 5.32 Å². The Labute approximate surface area is 176 Å². The number of halogens is 2. The third-order valence-electron chi connectivity index (χ3n) is 4.47. The van der Waals surface area contributed by atoms with Gasteiger partial charge in [0.15, 0.2) is 0 Å². The van der Waals surface area contributed by atoms with Crippen molar-refractivity contribution in [3.63, 3.8) is 0 Å². The lowest BCUT2D eigenvalue weighted by Gasteiger charge is -2.35. The van der Waals surface area contributed by atoms with Gasteiger partial charge in [-0.3, -0.25) is 9.59 Å². The summed E-state index contributed by atoms with van der Waals surface area (Å²) in [4.78, 5) is 26.1. The fourth-order valence-corrected chi connectivity index (χ4v) is 5.27. The number of nitrogens with zero attached hydrogens (tertiary/aromatic N) is 2. The monoisotopic (exact) mass is 449 g/mol. The van der Waals surface area contributed by atoms with E-state index < -0.39 is 21.5 Å². The molecule has 2 amide bonds. The van der Waals surface area contributed by atoms with E-state index in [-0.39, 0.29) is 52.9 Å². The van der Waals surface area contributed by atoms with E-state index in [1.54, 1.807) is 38.7 Å². The van der Waals surface area contributed by atoms with Crippen LogP contribution in [0.3, 0.4) is 0 Å². The van der Waals surface area contributed by atoms with Gasteiger partial charge in [0, 0.05) is 31.6 Å². The van der Waals surface area contributed by atoms with Gasteiger partial charge >= 0.3 is 0 Å². The molecule has 1 saturated heterocycles. The maximum atomic E-state index is 12.9. The van der Waals surface area contributed by atoms with Gasteiger partial charge in [-0.15, -0.1) is 0 Å². The number of hydrogen-bond acceptors (Lipinski definition) is 4. The highest BCUT2D eigenvalue weighted by molar-refractivity contribution is 7.89. The maximum absolute atomic E-state index is 12.9. The predicted molar refractivity (Wildman–Crippen MR) is 109 cm³/mol. The van der Waals surface area contributed by atoms with E-state index in [1.165, 1.54) is 16.4 Å². The third kappa shape index (κ3) is 4.97. The van der Waals surface area contributed by atoms with E-state index in [0.29, 0.717) is 0 Å². The molecule has 1 aliphatic heterocycles. The summed E-state index contributed by atoms with van der Waals surface area (Å²) < 4.78 is 27.0. The smallest absolute Gasteiger partial charge is 0.246 e. The van der Waals surface area contributed by atoms with Crippen molar-refractivity contribution >= 4 is 45.0 Å². The minimum Gasteiger partial charge on any atom is -0.344 e. The van der Waals surface area contributed by atoms with Crippen LogP contribution in [0.1, 0.15) is 27.7 Å². The Morgan fingerprint density at radius 3 is 2.04 bits per heavy atom. The number of carbonyl (C=O) groups excluding carboxylic acids is 2. The molecule has 0 aromatic heterocycles. The summed E-state index contributed by atoms with van der Waals surface area (Å²) in [6.07, 6.45) is 0. The average molecular weight is 450 g/mol. The summed E-state index contributed by atoms with van der Waals surface area (Å²) in [5.41, 5.74) is -0.602. The highest BCUT2D eigenvalue weighted by atomic mass is 35.5. The number of nitrogens with one attached hydrogen (secondary N) is 1. The van der Waals surface area contributed by atoms with Crippen molar-refractivity contribution in [2.75, 3.05) is 26.2 Å². The largest absolute Gasteiger partial charge is 0.344 e. The van der Waals surface area contributed by atoms with Gasteiger partial charge in [0.2, 0.25) is 21.8 Å². The zero-order chi connectivity index (χ0) is 21.3. The molecule has 1 aromatic rings. The minimum absolute atomic E-state index is 0.0597. The number of piperazine rings is 1. The summed E-state index contributed by atoms with van der Waals surface area (Å²) in [6, 6.07) is 3.83. The van der Waals surface area contributed by atoms with E-state index in [4.69, 9.17) is 23.2 Å². The molecule has 7 nitrogen and oxygen atoms in total. The van der Waals surface area contributed by atoms with Crippen LogP contribution >= 0.6 is 23.2 Å². The lowest BCUT2D eigenvalue weighted by molar-refractivity contribution is -0.139. The van der Waals surface area contributed by atoms with Crippen LogP contribution in [0, 0.1) is 5.41 Å². The van der Waals surface area contributed by atoms with Crippen LogP contribution in [0.2, 0.25) is 10.0 Å². The summed E-state index contributed by atoms with van der Waals surface area (Å²) >= 11 is 12.1. The average Bonchev–Trinajstić information content (AvgIpc) is 2.60. The Morgan fingerprint density at radius 2 is 1.57 bits per heavy atom. The van der Waals surface area contributed by atoms with Crippen LogP contribution in [0.5, 0.6) is 0 Å². The first-order valence-corrected chi connectivity index (χ1v) is 11.1. The van der Waals surface area contributed by atoms with Crippen LogP contribution in [-0.4, -0.2) is 61.7 Å². The van der Waals surface area contributed by atoms with E-state index >= 15 is 0 Å². The summed E-state index contributed by atoms with van der Waals surface area (Å²) in [6.45, 7) is 7.60. The first kappa shape index (κ1) is 22.9. The van der Waals surface area contributed by atoms with Crippen molar-refractivity contribution in [1.29, 1.82) is 0 Å². The Hall–Kier alpha value is -1.35. The molecular formula is C18H25Cl2N3O4S. The third-order valence-corrected chi connectivity index (χ3v) is 7.32. The van der Waals surface area contributed by atoms with Crippen molar-refractivity contribution in [3.05, 3.63) is 28.2 Å². The molecule has 156 valence electrons. The van der Waals surface area contributed by atoms with Crippen molar-refractivity contribution in [2.24, 2.45) is 5.41 Å². The first-order valence-electron chi connectivity index (χ1n) is 8.89. The van der Waals surface area contributed by atoms with Gasteiger partial charge in [-0.25, -0.2) is 8.42 Å². The molecule has 1 N–H and O–H groups in total. The van der Waals surface area contributed by atoms with Crippen LogP contribution in [0.4, 0.5) is 0 Å². The second kappa shape index (κ2) is 8.57. The summed E-state index contributed by atoms with van der Waals surface area (Å²) in [5, 5.41) is 2.82. The van der Waals surface area contributed by atoms with E-state index in [0.717, 1.165) is 0 Å². The summed E-state index contributed by atoms with van der Waals surface area (Å²) in [5.74, 6) is -0.464. The van der Waals surface area contributed by atoms with Gasteiger partial charge in [0.1, 0.15) is 10.9 Å². The molecule has 1 atom stereocenters. The quantitative estimate of drug-likeness (QED) is 0.763. The topological polar surface area (TPSA) is 86.8 Å². The highest BCUT2D eigenvalue weighted by Crippen LogP contribution is 2.31. The van der Waals surface area contributed by atoms with Gasteiger partial charge in [-0.1, -0.05) is 50.0 Å². The SMILES string of the molecule is CC(NC(=O)C(C)(C)C)C(=O)N1CCN(S(=O)(=O)c2c(Cl)cccc2Cl)CC1. The van der Waals surface area contributed by atoms with E-state index in [2.05, 4.69) is 5.32 Å². The molecule has 1 aromatic carbocycles. The van der Waals surface area contributed by atoms with Gasteiger partial charge < -0.3 is 10.2 Å². The minimum atomic E-state index is -3.87. The Balaban J connectivity index is 2.04. The van der Waals surface area contributed by atoms with Gasteiger partial charge in [-0.2, -0.15) is 4.31 Å². The number of hydrogen-bond donors (Lipinski definition) is 1. The second-order valence-corrected chi connectivity index (χ2v) is 10.4. The highest BCUT2D eigenvalue weighted by Gasteiger charge is 2.34. The standard InChI is InChI=1S/C18H25Cl2N3O4S/c1-12(21-17(25)18(2,3)4)16(24)22-8-10-23(11-9-22)28(26,27)15-13(19)6-5-7-14(15)20/h5-7,12H,8-11H2,1-4H3,(H,21,25). The summed E-state index contributed by atoms with van der Waals surface area (Å²) in [7, 11) is -3.87. The van der Waals surface area contributed by atoms with E-state index in [1.807, 2.05) is 0 Å². The number of rotatable bonds is 4. The molecule has 0 spiro atoms. The molecular weight excluding hydrogens is 425 g/mol. The molecule has 1 aliphatic rings. The first-order chi connectivity index (χ1) is 12.9. The molecule has 0 radical (unpaired) electrons. The Morgan fingerprint density at radius 1 is 1.07 bits per heavy atom. The fourth-order valence-electron chi connectivity index (χ4n) is 2.76. The van der Waals surface area contributed by atoms with Crippen molar-refractivity contribution in [1.82, 2.24) is 14.5 Å². The number of benzene rings is 1. The zero-order valence-corrected chi connectivity index (χ0v) is 18.7. The van der Waals surface area contributed by atoms with Crippen molar-refractivity contribution in [3.8, 4) is 0 Å². The molecule has 1 unspecified atom stereocenters. The van der Waals surface area contributed by atoms with Crippen LogP contribution in [0.15, 0.2) is 23.1 Å². The maximum Gasteiger partial charge on any atom is 0.246 e. The lowest BCUT2D eigenvalue weighted by atomic mass is 9.95. The molecule has 2 rings (SSSR count). The lowest BCUT2D eigenvalue weighted by Crippen LogP contribution is -2.55. The molecule has 0 bridgehead atoms. The number of sulfonamides is 1. The molecule has 0 saturated carbocycles. The van der Waals surface area contributed by atoms with Gasteiger partial charge in [0.25, 0.3) is 0 Å². The Kier molecular flexibility index (Phi) is 7.02. The van der Waals surface area contributed by atoms with E-state index in [9.17, 15) is 18.0 Å². The number of amides is 2. The fraction of sp³-hybridized carbons (Fsp3) is 0.556. The molecule has 0 aliphatic carbocycles. The van der Waals surface area contributed by atoms with Crippen molar-refractivity contribution < 1.29 is 18.0 Å². The predicted octanol–water partition coefficient (Wildman–Crippen LogP) is 2.38.